The molecule has 0 heterocycles. The largest absolute Gasteiger partial charge is 0.0814 e. The Kier molecular flexibility index (Phi) is 110. The van der Waals surface area contributed by atoms with Gasteiger partial charge in [0.2, 0.25) is 0 Å². The van der Waals surface area contributed by atoms with Gasteiger partial charge in [0.1, 0.15) is 0 Å². The van der Waals surface area contributed by atoms with Crippen LogP contribution in [0.4, 0.5) is 0 Å². The molecule has 0 rings (SSSR count). The smallest absolute Gasteiger partial charge is 0 e. The molecule has 0 fully saturated rings. The molecule has 0 aromatic rings. The molecule has 0 aliphatic heterocycles. The molecule has 0 N–H and O–H groups in total. The molecule has 0 bridgehead atoms. The monoisotopic (exact) mass is 376 g/mol. The van der Waals surface area contributed by atoms with Gasteiger partial charge in [0.15, 0.2) is 0 Å². The molecular formula is H3BDyFeNd. The zero-order valence-corrected chi connectivity index (χ0v) is 7.51. The van der Waals surface area contributed by atoms with E-state index in [4.69, 9.17) is 0 Å². The van der Waals surface area contributed by atoms with Crippen molar-refractivity contribution in [2.75, 3.05) is 0 Å². The Balaban J connectivity index is 0. The van der Waals surface area contributed by atoms with E-state index in [1.807, 2.05) is 0 Å². The number of hydrogen-bond acceptors (Lipinski definition) is 0. The summed E-state index contributed by atoms with van der Waals surface area (Å²) in [5.74, 6) is 0. The van der Waals surface area contributed by atoms with E-state index in [-0.39, 0.29) is 104 Å². The van der Waals surface area contributed by atoms with Gasteiger partial charge < -0.3 is 0 Å². The average molecular weight is 376 g/mol. The second-order valence-corrected chi connectivity index (χ2v) is 0. The Morgan fingerprint density at radius 1 is 1.00 bits per heavy atom. The van der Waals surface area contributed by atoms with Crippen molar-refractivity contribution >= 4 is 8.41 Å². The van der Waals surface area contributed by atoms with E-state index in [9.17, 15) is 0 Å². The van der Waals surface area contributed by atoms with E-state index in [0.717, 1.165) is 0 Å². The van der Waals surface area contributed by atoms with E-state index < -0.39 is 0 Å². The van der Waals surface area contributed by atoms with Gasteiger partial charge in [0.25, 0.3) is 0 Å². The molecule has 0 amide bonds. The Morgan fingerprint density at radius 2 is 1.00 bits per heavy atom. The van der Waals surface area contributed by atoms with Crippen molar-refractivity contribution in [3.63, 3.8) is 0 Å². The van der Waals surface area contributed by atoms with Crippen molar-refractivity contribution in [2.24, 2.45) is 0 Å². The Bertz CT molecular complexity index is 8.00. The third-order valence-electron chi connectivity index (χ3n) is 0. The van der Waals surface area contributed by atoms with Crippen LogP contribution in [0.25, 0.3) is 0 Å². The third kappa shape index (κ3) is 8.96. The van der Waals surface area contributed by atoms with Gasteiger partial charge in [-0.15, -0.1) is 0 Å². The van der Waals surface area contributed by atoms with Crippen LogP contribution in [-0.4, -0.2) is 8.41 Å². The van der Waals surface area contributed by atoms with E-state index in [1.165, 1.54) is 0 Å². The van der Waals surface area contributed by atoms with Crippen LogP contribution in [-0.2, 0) is 17.1 Å². The number of hydrogen-bond donors (Lipinski definition) is 0. The molecule has 4 heavy (non-hydrogen) atoms. The van der Waals surface area contributed by atoms with Gasteiger partial charge in [-0.1, -0.05) is 0 Å². The maximum absolute atomic E-state index is 0. The van der Waals surface area contributed by atoms with Crippen LogP contribution in [0, 0.1) is 79.0 Å². The SMILES string of the molecule is B.[Dy].[Fe].[Nd]. The van der Waals surface area contributed by atoms with Crippen molar-refractivity contribution in [2.45, 2.75) is 0 Å². The second kappa shape index (κ2) is 16.4. The van der Waals surface area contributed by atoms with Crippen molar-refractivity contribution in [3.8, 4) is 0 Å². The van der Waals surface area contributed by atoms with Crippen LogP contribution in [0.1, 0.15) is 0 Å². The predicted octanol–water partition coefficient (Wildman–Crippen LogP) is -1.19. The summed E-state index contributed by atoms with van der Waals surface area (Å²) in [7, 11) is 0. The molecule has 0 saturated carbocycles. The average Bonchev–Trinajstić information content (AvgIpc) is 0. The Morgan fingerprint density at radius 3 is 1.00 bits per heavy atom. The van der Waals surface area contributed by atoms with Crippen molar-refractivity contribution < 1.29 is 96.1 Å². The van der Waals surface area contributed by atoms with Gasteiger partial charge in [0.05, 0.1) is 8.41 Å². The van der Waals surface area contributed by atoms with Gasteiger partial charge >= 0.3 is 0 Å². The standard InChI is InChI=1S/BH3.Dy.Fe.Nd/h1H3;;;. The summed E-state index contributed by atoms with van der Waals surface area (Å²) >= 11 is 0. The maximum Gasteiger partial charge on any atom is 0.0814 e. The minimum absolute atomic E-state index is 0. The fourth-order valence-corrected chi connectivity index (χ4v) is 0. The minimum atomic E-state index is 0. The third-order valence-corrected chi connectivity index (χ3v) is 0. The van der Waals surface area contributed by atoms with Crippen molar-refractivity contribution in [1.82, 2.24) is 0 Å². The zero-order valence-electron chi connectivity index (χ0n) is 1.17. The van der Waals surface area contributed by atoms with Crippen LogP contribution in [0.15, 0.2) is 0 Å². The first-order valence-corrected chi connectivity index (χ1v) is 0. The maximum atomic E-state index is 0. The van der Waals surface area contributed by atoms with E-state index >= 15 is 0 Å². The molecule has 0 nitrogen and oxygen atoms in total. The van der Waals surface area contributed by atoms with Crippen molar-refractivity contribution in [1.29, 1.82) is 0 Å². The molecule has 0 aliphatic carbocycles. The molecule has 0 unspecified atom stereocenters. The molecule has 0 atom stereocenters. The molecule has 0 aliphatic rings. The Labute approximate surface area is 102 Å². The van der Waals surface area contributed by atoms with Gasteiger partial charge in [-0.05, 0) is 0 Å². The molecule has 0 aromatic heterocycles. The molecule has 0 aromatic carbocycles. The quantitative estimate of drug-likeness (QED) is 0.467. The van der Waals surface area contributed by atoms with Crippen molar-refractivity contribution in [3.05, 3.63) is 0 Å². The first-order valence-electron chi connectivity index (χ1n) is 0. The van der Waals surface area contributed by atoms with Crippen LogP contribution in [0.3, 0.4) is 0 Å². The first kappa shape index (κ1) is 27.0. The topological polar surface area (TPSA) is 0 Å². The van der Waals surface area contributed by atoms with Gasteiger partial charge in [0, 0.05) is 96.1 Å². The fraction of sp³-hybridized carbons (Fsp3) is 0. The number of rotatable bonds is 0. The molecule has 0 radical (unpaired) electrons. The minimum Gasteiger partial charge on any atom is 0 e. The molecule has 0 spiro atoms. The van der Waals surface area contributed by atoms with Crippen LogP contribution in [0.5, 0.6) is 0 Å². The molecule has 28 valence electrons. The van der Waals surface area contributed by atoms with Gasteiger partial charge in [-0.2, -0.15) is 0 Å². The Hall–Kier alpha value is 3.21. The zero-order chi connectivity index (χ0) is 0. The fourth-order valence-electron chi connectivity index (χ4n) is 0. The van der Waals surface area contributed by atoms with Gasteiger partial charge in [-0.25, -0.2) is 0 Å². The van der Waals surface area contributed by atoms with E-state index in [0.29, 0.717) is 0 Å². The molecule has 4 heteroatoms. The summed E-state index contributed by atoms with van der Waals surface area (Å²) in [6, 6.07) is 0. The molecular weight excluding hydrogens is 373 g/mol. The summed E-state index contributed by atoms with van der Waals surface area (Å²) in [5, 5.41) is 0. The summed E-state index contributed by atoms with van der Waals surface area (Å²) in [5.41, 5.74) is 0. The van der Waals surface area contributed by atoms with E-state index in [2.05, 4.69) is 0 Å². The van der Waals surface area contributed by atoms with Crippen LogP contribution < -0.4 is 0 Å². The molecule has 0 saturated heterocycles. The normalized spacial score (nSPS) is 0. The van der Waals surface area contributed by atoms with Gasteiger partial charge in [-0.3, -0.25) is 0 Å². The van der Waals surface area contributed by atoms with E-state index in [1.54, 1.807) is 0 Å². The first-order chi connectivity index (χ1) is 0. The van der Waals surface area contributed by atoms with Crippen LogP contribution in [0.2, 0.25) is 0 Å². The summed E-state index contributed by atoms with van der Waals surface area (Å²) < 4.78 is 0. The predicted molar refractivity (Wildman–Crippen MR) is 9.94 cm³/mol. The summed E-state index contributed by atoms with van der Waals surface area (Å²) in [6.07, 6.45) is 0. The summed E-state index contributed by atoms with van der Waals surface area (Å²) in [6.45, 7) is 0. The van der Waals surface area contributed by atoms with Crippen LogP contribution >= 0.6 is 0 Å². The second-order valence-electron chi connectivity index (χ2n) is 0. The summed E-state index contributed by atoms with van der Waals surface area (Å²) in [4.78, 5) is 0.